The zero-order valence-electron chi connectivity index (χ0n) is 26.7. The molecule has 0 radical (unpaired) electrons. The minimum absolute atomic E-state index is 0.00361. The van der Waals surface area contributed by atoms with Crippen LogP contribution in [0.4, 0.5) is 0 Å². The van der Waals surface area contributed by atoms with Crippen LogP contribution in [0.3, 0.4) is 0 Å². The lowest BCUT2D eigenvalue weighted by Crippen LogP contribution is -2.59. The summed E-state index contributed by atoms with van der Waals surface area (Å²) < 4.78 is 5.74. The molecule has 2 rings (SSSR count). The van der Waals surface area contributed by atoms with Gasteiger partial charge in [-0.25, -0.2) is 4.79 Å². The van der Waals surface area contributed by atoms with Crippen molar-refractivity contribution >= 4 is 41.2 Å². The van der Waals surface area contributed by atoms with Gasteiger partial charge in [-0.05, 0) is 60.6 Å². The number of cyclic esters (lactones) is 1. The summed E-state index contributed by atoms with van der Waals surface area (Å²) in [5, 5.41) is 11.7. The first-order valence-corrected chi connectivity index (χ1v) is 15.6. The Morgan fingerprint density at radius 3 is 1.65 bits per heavy atom. The molecule has 0 saturated carbocycles. The molecule has 4 N–H and O–H groups in total. The first kappa shape index (κ1) is 36.1. The summed E-state index contributed by atoms with van der Waals surface area (Å²) in [6.45, 7) is 15.0. The van der Waals surface area contributed by atoms with Crippen molar-refractivity contribution in [3.05, 3.63) is 34.9 Å². The van der Waals surface area contributed by atoms with Gasteiger partial charge in [0.2, 0.25) is 17.7 Å². The number of nitrogens with one attached hydrogen (secondary N) is 4. The SMILES string of the molecule is CC(C)C[C@@H]1NC(=O)[C@H](C(C)C)NC(=O)[C@H](CC(C)C)OC(=O)[C@H](CC(C)C)NC(=O)[C@H](Cc2ccc(Cl)cc2)NC1=O. The summed E-state index contributed by atoms with van der Waals surface area (Å²) in [5.41, 5.74) is 0.738. The van der Waals surface area contributed by atoms with Crippen molar-refractivity contribution in [2.24, 2.45) is 23.7 Å². The highest BCUT2D eigenvalue weighted by Gasteiger charge is 2.37. The van der Waals surface area contributed by atoms with Crippen LogP contribution in [-0.4, -0.2) is 59.9 Å². The summed E-state index contributed by atoms with van der Waals surface area (Å²) in [5.74, 6) is -3.31. The van der Waals surface area contributed by atoms with Gasteiger partial charge in [0.05, 0.1) is 0 Å². The van der Waals surface area contributed by atoms with E-state index in [0.717, 1.165) is 5.56 Å². The number of benzene rings is 1. The minimum Gasteiger partial charge on any atom is -0.451 e. The quantitative estimate of drug-likeness (QED) is 0.311. The first-order chi connectivity index (χ1) is 20.1. The molecule has 11 heteroatoms. The van der Waals surface area contributed by atoms with Gasteiger partial charge in [-0.3, -0.25) is 19.2 Å². The fraction of sp³-hybridized carbons (Fsp3) is 0.656. The topological polar surface area (TPSA) is 143 Å². The third kappa shape index (κ3) is 11.8. The van der Waals surface area contributed by atoms with E-state index in [-0.39, 0.29) is 42.9 Å². The maximum atomic E-state index is 13.7. The molecule has 0 spiro atoms. The molecule has 240 valence electrons. The maximum absolute atomic E-state index is 13.7. The fourth-order valence-electron chi connectivity index (χ4n) is 4.90. The van der Waals surface area contributed by atoms with Crippen LogP contribution in [0.25, 0.3) is 0 Å². The molecule has 1 heterocycles. The van der Waals surface area contributed by atoms with Gasteiger partial charge >= 0.3 is 5.97 Å². The van der Waals surface area contributed by atoms with Crippen LogP contribution in [0.2, 0.25) is 5.02 Å². The second-order valence-electron chi connectivity index (χ2n) is 13.1. The monoisotopic (exact) mass is 620 g/mol. The highest BCUT2D eigenvalue weighted by molar-refractivity contribution is 6.30. The van der Waals surface area contributed by atoms with E-state index in [1.165, 1.54) is 0 Å². The van der Waals surface area contributed by atoms with E-state index in [2.05, 4.69) is 21.3 Å². The lowest BCUT2D eigenvalue weighted by atomic mass is 9.98. The average Bonchev–Trinajstić information content (AvgIpc) is 2.89. The highest BCUT2D eigenvalue weighted by atomic mass is 35.5. The van der Waals surface area contributed by atoms with Gasteiger partial charge in [0.1, 0.15) is 24.2 Å². The van der Waals surface area contributed by atoms with Crippen molar-refractivity contribution in [2.45, 2.75) is 111 Å². The molecule has 1 fully saturated rings. The van der Waals surface area contributed by atoms with Crippen molar-refractivity contribution in [1.82, 2.24) is 21.3 Å². The molecule has 1 aromatic carbocycles. The number of rotatable bonds is 9. The Labute approximate surface area is 260 Å². The van der Waals surface area contributed by atoms with E-state index in [0.29, 0.717) is 11.4 Å². The van der Waals surface area contributed by atoms with Crippen molar-refractivity contribution in [1.29, 1.82) is 0 Å². The molecular formula is C32H49ClN4O6. The van der Waals surface area contributed by atoms with Crippen LogP contribution in [0.1, 0.15) is 80.2 Å². The van der Waals surface area contributed by atoms with Crippen LogP contribution >= 0.6 is 11.6 Å². The molecule has 5 atom stereocenters. The van der Waals surface area contributed by atoms with Gasteiger partial charge in [-0.2, -0.15) is 0 Å². The zero-order chi connectivity index (χ0) is 32.4. The largest absolute Gasteiger partial charge is 0.451 e. The highest BCUT2D eigenvalue weighted by Crippen LogP contribution is 2.17. The molecule has 10 nitrogen and oxygen atoms in total. The molecule has 43 heavy (non-hydrogen) atoms. The predicted molar refractivity (Wildman–Crippen MR) is 166 cm³/mol. The van der Waals surface area contributed by atoms with Crippen molar-refractivity contribution in [2.75, 3.05) is 0 Å². The number of amides is 4. The van der Waals surface area contributed by atoms with Crippen LogP contribution in [0, 0.1) is 23.7 Å². The van der Waals surface area contributed by atoms with Crippen LogP contribution in [-0.2, 0) is 35.1 Å². The molecule has 1 aromatic rings. The number of halogens is 1. The van der Waals surface area contributed by atoms with Crippen LogP contribution in [0.5, 0.6) is 0 Å². The minimum atomic E-state index is -1.17. The smallest absolute Gasteiger partial charge is 0.329 e. The summed E-state index contributed by atoms with van der Waals surface area (Å²) in [6.07, 6.45) is -0.270. The molecule has 1 aliphatic rings. The lowest BCUT2D eigenvalue weighted by molar-refractivity contribution is -0.160. The van der Waals surface area contributed by atoms with Gasteiger partial charge in [-0.1, -0.05) is 79.1 Å². The normalized spacial score (nSPS) is 24.7. The van der Waals surface area contributed by atoms with Crippen LogP contribution in [0.15, 0.2) is 24.3 Å². The van der Waals surface area contributed by atoms with Gasteiger partial charge in [0, 0.05) is 11.4 Å². The number of hydrogen-bond acceptors (Lipinski definition) is 6. The van der Waals surface area contributed by atoms with E-state index < -0.39 is 59.9 Å². The second-order valence-corrected chi connectivity index (χ2v) is 13.5. The first-order valence-electron chi connectivity index (χ1n) is 15.2. The Bertz CT molecular complexity index is 1120. The molecule has 0 bridgehead atoms. The Morgan fingerprint density at radius 2 is 1.12 bits per heavy atom. The maximum Gasteiger partial charge on any atom is 0.329 e. The number of ether oxygens (including phenoxy) is 1. The summed E-state index contributed by atoms with van der Waals surface area (Å²) in [4.78, 5) is 67.8. The summed E-state index contributed by atoms with van der Waals surface area (Å²) in [6, 6.07) is 2.81. The van der Waals surface area contributed by atoms with E-state index >= 15 is 0 Å². The molecule has 0 unspecified atom stereocenters. The third-order valence-corrected chi connectivity index (χ3v) is 7.37. The molecule has 4 amide bonds. The van der Waals surface area contributed by atoms with Gasteiger partial charge < -0.3 is 26.0 Å². The van der Waals surface area contributed by atoms with Gasteiger partial charge in [0.25, 0.3) is 5.91 Å². The van der Waals surface area contributed by atoms with E-state index in [9.17, 15) is 24.0 Å². The summed E-state index contributed by atoms with van der Waals surface area (Å²) >= 11 is 6.05. The van der Waals surface area contributed by atoms with E-state index in [4.69, 9.17) is 16.3 Å². The lowest BCUT2D eigenvalue weighted by Gasteiger charge is -2.28. The second kappa shape index (κ2) is 16.6. The van der Waals surface area contributed by atoms with E-state index in [1.54, 1.807) is 38.1 Å². The van der Waals surface area contributed by atoms with Gasteiger partial charge in [0.15, 0.2) is 6.10 Å². The number of carbonyl (C=O) groups is 5. The van der Waals surface area contributed by atoms with Crippen molar-refractivity contribution in [3.8, 4) is 0 Å². The number of hydrogen-bond donors (Lipinski definition) is 4. The average molecular weight is 621 g/mol. The Kier molecular flexibility index (Phi) is 14.0. The fourth-order valence-corrected chi connectivity index (χ4v) is 5.03. The van der Waals surface area contributed by atoms with Crippen molar-refractivity contribution in [3.63, 3.8) is 0 Å². The van der Waals surface area contributed by atoms with Crippen LogP contribution < -0.4 is 21.3 Å². The Morgan fingerprint density at radius 1 is 0.628 bits per heavy atom. The third-order valence-electron chi connectivity index (χ3n) is 7.12. The zero-order valence-corrected chi connectivity index (χ0v) is 27.4. The van der Waals surface area contributed by atoms with Crippen molar-refractivity contribution < 1.29 is 28.7 Å². The molecule has 0 aliphatic carbocycles. The molecule has 1 aliphatic heterocycles. The summed E-state index contributed by atoms with van der Waals surface area (Å²) in [7, 11) is 0. The standard InChI is InChI=1S/C32H49ClN4O6/c1-17(2)13-23-28(38)34-24(16-21-9-11-22(33)12-10-21)29(39)36-25(14-18(3)4)32(42)43-26(15-19(5)6)30(40)37-27(20(7)8)31(41)35-23/h9-12,17-20,23-27H,13-16H2,1-8H3,(H,34,38)(H,35,41)(H,36,39)(H,37,40)/t23-,24-,25-,26-,27-/m0/s1. The predicted octanol–water partition coefficient (Wildman–Crippen LogP) is 3.54. The number of esters is 1. The molecule has 0 aromatic heterocycles. The molecular weight excluding hydrogens is 572 g/mol. The van der Waals surface area contributed by atoms with Gasteiger partial charge in [-0.15, -0.1) is 0 Å². The number of carbonyl (C=O) groups excluding carboxylic acids is 5. The van der Waals surface area contributed by atoms with E-state index in [1.807, 2.05) is 41.5 Å². The Balaban J connectivity index is 2.60. The molecule has 1 saturated heterocycles. The Hall–Kier alpha value is -3.14.